The van der Waals surface area contributed by atoms with Crippen molar-refractivity contribution in [2.45, 2.75) is 26.4 Å². The van der Waals surface area contributed by atoms with Crippen molar-refractivity contribution in [3.8, 4) is 0 Å². The molecule has 0 unspecified atom stereocenters. The van der Waals surface area contributed by atoms with Gasteiger partial charge in [-0.15, -0.1) is 0 Å². The van der Waals surface area contributed by atoms with Crippen molar-refractivity contribution in [1.29, 1.82) is 0 Å². The number of nitrogens with zero attached hydrogens (tertiary/aromatic N) is 2. The molecule has 0 bridgehead atoms. The highest BCUT2D eigenvalue weighted by Crippen LogP contribution is 2.04. The van der Waals surface area contributed by atoms with Crippen LogP contribution in [0.3, 0.4) is 0 Å². The van der Waals surface area contributed by atoms with E-state index in [-0.39, 0.29) is 1.43 Å². The van der Waals surface area contributed by atoms with Crippen molar-refractivity contribution < 1.29 is 6.16 Å². The molecule has 0 spiro atoms. The Hall–Kier alpha value is -0.160. The fraction of sp³-hybridized carbons (Fsp3) is 1.00. The first-order chi connectivity index (χ1) is 8.26. The highest BCUT2D eigenvalue weighted by Gasteiger charge is 2.19. The van der Waals surface area contributed by atoms with E-state index in [4.69, 9.17) is 4.74 Å². The molecule has 0 saturated carbocycles. The third-order valence-corrected chi connectivity index (χ3v) is 3.36. The SMILES string of the molecule is CCCNC[C@@H]1CN(CCN(C)CC)CCO1.[HH]. The summed E-state index contributed by atoms with van der Waals surface area (Å²) in [6.07, 6.45) is 1.57. The van der Waals surface area contributed by atoms with Crippen molar-refractivity contribution in [3.05, 3.63) is 0 Å². The van der Waals surface area contributed by atoms with Crippen LogP contribution in [0.25, 0.3) is 0 Å². The van der Waals surface area contributed by atoms with Gasteiger partial charge in [0.15, 0.2) is 0 Å². The Kier molecular flexibility index (Phi) is 7.77. The van der Waals surface area contributed by atoms with Crippen molar-refractivity contribution in [1.82, 2.24) is 15.1 Å². The van der Waals surface area contributed by atoms with Crippen molar-refractivity contribution in [2.24, 2.45) is 0 Å². The number of rotatable bonds is 8. The molecule has 1 aliphatic rings. The molecular weight excluding hydrogens is 214 g/mol. The minimum absolute atomic E-state index is 0. The summed E-state index contributed by atoms with van der Waals surface area (Å²) in [6, 6.07) is 0. The van der Waals surface area contributed by atoms with E-state index in [9.17, 15) is 0 Å². The molecule has 1 fully saturated rings. The summed E-state index contributed by atoms with van der Waals surface area (Å²) in [5.74, 6) is 0. The second kappa shape index (κ2) is 8.86. The van der Waals surface area contributed by atoms with Crippen LogP contribution in [0.15, 0.2) is 0 Å². The molecular formula is C13H31N3O. The van der Waals surface area contributed by atoms with Gasteiger partial charge in [0.2, 0.25) is 0 Å². The van der Waals surface area contributed by atoms with Crippen molar-refractivity contribution >= 4 is 0 Å². The molecule has 0 radical (unpaired) electrons. The van der Waals surface area contributed by atoms with Gasteiger partial charge in [-0.05, 0) is 26.6 Å². The number of morpholine rings is 1. The molecule has 0 aromatic rings. The van der Waals surface area contributed by atoms with Crippen LogP contribution in [0.1, 0.15) is 21.7 Å². The van der Waals surface area contributed by atoms with Crippen molar-refractivity contribution in [3.63, 3.8) is 0 Å². The molecule has 1 atom stereocenters. The van der Waals surface area contributed by atoms with Crippen LogP contribution < -0.4 is 5.32 Å². The molecule has 4 heteroatoms. The third-order valence-electron chi connectivity index (χ3n) is 3.36. The molecule has 17 heavy (non-hydrogen) atoms. The average molecular weight is 245 g/mol. The standard InChI is InChI=1S/C13H29N3O.H2/c1-4-6-14-11-13-12-16(9-10-17-13)8-7-15(3)5-2;/h13-14H,4-12H2,1-3H3;1H/t13-;/m1./s1. The monoisotopic (exact) mass is 245 g/mol. The summed E-state index contributed by atoms with van der Waals surface area (Å²) in [7, 11) is 2.18. The predicted molar refractivity (Wildman–Crippen MR) is 74.6 cm³/mol. The summed E-state index contributed by atoms with van der Waals surface area (Å²) in [5, 5.41) is 3.44. The Morgan fingerprint density at radius 2 is 2.29 bits per heavy atom. The topological polar surface area (TPSA) is 27.7 Å². The first-order valence-electron chi connectivity index (χ1n) is 6.99. The molecule has 1 saturated heterocycles. The van der Waals surface area contributed by atoms with Gasteiger partial charge in [-0.25, -0.2) is 0 Å². The smallest absolute Gasteiger partial charge is 0.0826 e. The van der Waals surface area contributed by atoms with E-state index in [0.29, 0.717) is 6.10 Å². The zero-order valence-electron chi connectivity index (χ0n) is 11.7. The van der Waals surface area contributed by atoms with Crippen LogP contribution in [-0.4, -0.2) is 75.4 Å². The van der Waals surface area contributed by atoms with Gasteiger partial charge >= 0.3 is 0 Å². The van der Waals surface area contributed by atoms with E-state index in [1.54, 1.807) is 0 Å². The summed E-state index contributed by atoms with van der Waals surface area (Å²) in [6.45, 7) is 13.0. The van der Waals surface area contributed by atoms with E-state index in [1.807, 2.05) is 0 Å². The van der Waals surface area contributed by atoms with Crippen LogP contribution in [0.2, 0.25) is 0 Å². The molecule has 1 heterocycles. The minimum Gasteiger partial charge on any atom is -0.374 e. The molecule has 0 amide bonds. The summed E-state index contributed by atoms with van der Waals surface area (Å²) >= 11 is 0. The number of nitrogens with one attached hydrogen (secondary N) is 1. The zero-order valence-corrected chi connectivity index (χ0v) is 11.7. The second-order valence-corrected chi connectivity index (χ2v) is 4.89. The fourth-order valence-electron chi connectivity index (χ4n) is 2.02. The molecule has 0 aromatic heterocycles. The highest BCUT2D eigenvalue weighted by atomic mass is 16.5. The lowest BCUT2D eigenvalue weighted by molar-refractivity contribution is -0.0285. The number of likely N-dealkylation sites (N-methyl/N-ethyl adjacent to an activating group) is 1. The van der Waals surface area contributed by atoms with Gasteiger partial charge in [-0.1, -0.05) is 13.8 Å². The summed E-state index contributed by atoms with van der Waals surface area (Å²) in [4.78, 5) is 4.88. The van der Waals surface area contributed by atoms with Gasteiger partial charge in [0.25, 0.3) is 0 Å². The molecule has 4 nitrogen and oxygen atoms in total. The Morgan fingerprint density at radius 1 is 1.47 bits per heavy atom. The maximum atomic E-state index is 5.77. The van der Waals surface area contributed by atoms with Crippen LogP contribution in [-0.2, 0) is 4.74 Å². The van der Waals surface area contributed by atoms with Gasteiger partial charge in [0.1, 0.15) is 0 Å². The number of hydrogen-bond acceptors (Lipinski definition) is 4. The number of hydrogen-bond donors (Lipinski definition) is 1. The zero-order chi connectivity index (χ0) is 12.5. The van der Waals surface area contributed by atoms with Crippen molar-refractivity contribution in [2.75, 3.05) is 59.5 Å². The predicted octanol–water partition coefficient (Wildman–Crippen LogP) is 0.885. The Balaban J connectivity index is 0.00000289. The lowest BCUT2D eigenvalue weighted by Gasteiger charge is -2.33. The largest absolute Gasteiger partial charge is 0.374 e. The van der Waals surface area contributed by atoms with E-state index in [1.165, 1.54) is 6.42 Å². The average Bonchev–Trinajstić information content (AvgIpc) is 2.37. The maximum Gasteiger partial charge on any atom is 0.0826 e. The van der Waals surface area contributed by atoms with Crippen LogP contribution in [0, 0.1) is 0 Å². The Bertz CT molecular complexity index is 195. The van der Waals surface area contributed by atoms with Gasteiger partial charge in [-0.2, -0.15) is 0 Å². The lowest BCUT2D eigenvalue weighted by atomic mass is 10.2. The van der Waals surface area contributed by atoms with Gasteiger partial charge in [-0.3, -0.25) is 4.90 Å². The normalized spacial score (nSPS) is 22.2. The van der Waals surface area contributed by atoms with E-state index < -0.39 is 0 Å². The molecule has 0 aliphatic carbocycles. The van der Waals surface area contributed by atoms with Crippen LogP contribution >= 0.6 is 0 Å². The highest BCUT2D eigenvalue weighted by molar-refractivity contribution is 4.74. The molecule has 0 aromatic carbocycles. The Labute approximate surface area is 108 Å². The Morgan fingerprint density at radius 3 is 3.00 bits per heavy atom. The quantitative estimate of drug-likeness (QED) is 0.643. The third kappa shape index (κ3) is 6.36. The van der Waals surface area contributed by atoms with Crippen LogP contribution in [0.4, 0.5) is 0 Å². The van der Waals surface area contributed by atoms with E-state index >= 15 is 0 Å². The number of ether oxygens (including phenoxy) is 1. The summed E-state index contributed by atoms with van der Waals surface area (Å²) < 4.78 is 5.77. The van der Waals surface area contributed by atoms with E-state index in [0.717, 1.165) is 52.4 Å². The molecule has 104 valence electrons. The molecule has 1 rings (SSSR count). The van der Waals surface area contributed by atoms with Crippen LogP contribution in [0.5, 0.6) is 0 Å². The maximum absolute atomic E-state index is 5.77. The first kappa shape index (κ1) is 14.9. The summed E-state index contributed by atoms with van der Waals surface area (Å²) in [5.41, 5.74) is 0. The first-order valence-corrected chi connectivity index (χ1v) is 6.99. The minimum atomic E-state index is 0. The van der Waals surface area contributed by atoms with E-state index in [2.05, 4.69) is 36.0 Å². The lowest BCUT2D eigenvalue weighted by Crippen LogP contribution is -2.48. The van der Waals surface area contributed by atoms with Gasteiger partial charge in [0, 0.05) is 34.2 Å². The molecule has 1 N–H and O–H groups in total. The second-order valence-electron chi connectivity index (χ2n) is 4.89. The van der Waals surface area contributed by atoms with Gasteiger partial charge < -0.3 is 15.0 Å². The molecule has 1 aliphatic heterocycles. The van der Waals surface area contributed by atoms with Gasteiger partial charge in [0.05, 0.1) is 12.7 Å². The fourth-order valence-corrected chi connectivity index (χ4v) is 2.02.